The maximum Gasteiger partial charge on any atom is 0.141 e. The lowest BCUT2D eigenvalue weighted by atomic mass is 9.78. The molecular weight excluding hydrogens is 388 g/mol. The molecule has 2 heterocycles. The predicted octanol–water partition coefficient (Wildman–Crippen LogP) is 4.01. The van der Waals surface area contributed by atoms with E-state index in [9.17, 15) is 5.11 Å². The number of ether oxygens (including phenoxy) is 2. The van der Waals surface area contributed by atoms with Crippen LogP contribution in [0.25, 0.3) is 0 Å². The molecule has 0 unspecified atom stereocenters. The maximum atomic E-state index is 10.7. The zero-order chi connectivity index (χ0) is 20.5. The molecule has 29 heavy (non-hydrogen) atoms. The van der Waals surface area contributed by atoms with Gasteiger partial charge in [0.05, 0.1) is 18.9 Å². The van der Waals surface area contributed by atoms with Gasteiger partial charge in [-0.3, -0.25) is 9.88 Å². The van der Waals surface area contributed by atoms with Crippen LogP contribution in [-0.4, -0.2) is 47.4 Å². The molecule has 0 amide bonds. The van der Waals surface area contributed by atoms with Gasteiger partial charge in [0.15, 0.2) is 0 Å². The molecule has 2 fully saturated rings. The number of aryl methyl sites for hydroxylation is 2. The fourth-order valence-electron chi connectivity index (χ4n) is 4.82. The molecule has 2 aromatic rings. The largest absolute Gasteiger partial charge is 0.496 e. The standard InChI is InChI=1S/C23H29ClN2O3/c1-14-4-6-21(15(2)25-14)29-23-10-17-12-26(11-16(17)9-20(23)27)13-18-8-19(24)5-7-22(18)28-3/h4-8,16-17,20,23,27H,9-13H2,1-3H3/t16-,17+,20+,23+/m0/s1. The third kappa shape index (κ3) is 4.52. The van der Waals surface area contributed by atoms with E-state index in [4.69, 9.17) is 21.1 Å². The third-order valence-corrected chi connectivity index (χ3v) is 6.49. The number of aromatic nitrogens is 1. The number of methoxy groups -OCH3 is 1. The van der Waals surface area contributed by atoms with E-state index in [0.29, 0.717) is 11.8 Å². The molecule has 0 bridgehead atoms. The van der Waals surface area contributed by atoms with Crippen molar-refractivity contribution in [3.63, 3.8) is 0 Å². The highest BCUT2D eigenvalue weighted by atomic mass is 35.5. The molecule has 1 aromatic heterocycles. The SMILES string of the molecule is COc1ccc(Cl)cc1CN1C[C@H]2C[C@@H](Oc3ccc(C)nc3C)[C@H](O)C[C@H]2C1. The Balaban J connectivity index is 1.42. The number of likely N-dealkylation sites (tertiary alicyclic amines) is 1. The van der Waals surface area contributed by atoms with E-state index >= 15 is 0 Å². The van der Waals surface area contributed by atoms with Gasteiger partial charge in [-0.25, -0.2) is 0 Å². The van der Waals surface area contributed by atoms with Crippen LogP contribution in [-0.2, 0) is 6.54 Å². The van der Waals surface area contributed by atoms with Gasteiger partial charge in [0.25, 0.3) is 0 Å². The predicted molar refractivity (Wildman–Crippen MR) is 114 cm³/mol. The first-order chi connectivity index (χ1) is 13.9. The number of hydrogen-bond donors (Lipinski definition) is 1. The van der Waals surface area contributed by atoms with Crippen LogP contribution in [0, 0.1) is 25.7 Å². The molecule has 6 heteroatoms. The van der Waals surface area contributed by atoms with E-state index in [2.05, 4.69) is 9.88 Å². The zero-order valence-electron chi connectivity index (χ0n) is 17.3. The van der Waals surface area contributed by atoms with Crippen molar-refractivity contribution in [1.82, 2.24) is 9.88 Å². The number of nitrogens with zero attached hydrogens (tertiary/aromatic N) is 2. The lowest BCUT2D eigenvalue weighted by Crippen LogP contribution is -2.42. The van der Waals surface area contributed by atoms with E-state index in [0.717, 1.165) is 65.9 Å². The van der Waals surface area contributed by atoms with Gasteiger partial charge in [0.1, 0.15) is 17.6 Å². The van der Waals surface area contributed by atoms with Gasteiger partial charge in [0.2, 0.25) is 0 Å². The van der Waals surface area contributed by atoms with Crippen molar-refractivity contribution in [2.24, 2.45) is 11.8 Å². The van der Waals surface area contributed by atoms with Gasteiger partial charge in [0, 0.05) is 35.9 Å². The first kappa shape index (κ1) is 20.5. The number of rotatable bonds is 5. The number of aliphatic hydroxyl groups excluding tert-OH is 1. The van der Waals surface area contributed by atoms with Gasteiger partial charge in [-0.2, -0.15) is 0 Å². The Morgan fingerprint density at radius 3 is 2.55 bits per heavy atom. The van der Waals surface area contributed by atoms with Crippen LogP contribution in [0.2, 0.25) is 5.02 Å². The highest BCUT2D eigenvalue weighted by molar-refractivity contribution is 6.30. The van der Waals surface area contributed by atoms with Crippen molar-refractivity contribution in [3.05, 3.63) is 52.3 Å². The van der Waals surface area contributed by atoms with E-state index in [-0.39, 0.29) is 6.10 Å². The molecule has 1 saturated heterocycles. The minimum atomic E-state index is -0.447. The molecule has 1 aliphatic carbocycles. The lowest BCUT2D eigenvalue weighted by molar-refractivity contribution is -0.0236. The van der Waals surface area contributed by atoms with E-state index in [1.165, 1.54) is 0 Å². The van der Waals surface area contributed by atoms with Crippen molar-refractivity contribution < 1.29 is 14.6 Å². The van der Waals surface area contributed by atoms with Crippen LogP contribution >= 0.6 is 11.6 Å². The summed E-state index contributed by atoms with van der Waals surface area (Å²) in [5, 5.41) is 11.4. The highest BCUT2D eigenvalue weighted by Crippen LogP contribution is 2.39. The van der Waals surface area contributed by atoms with Gasteiger partial charge in [-0.1, -0.05) is 11.6 Å². The van der Waals surface area contributed by atoms with E-state index < -0.39 is 6.10 Å². The number of aliphatic hydroxyl groups is 1. The smallest absolute Gasteiger partial charge is 0.141 e. The summed E-state index contributed by atoms with van der Waals surface area (Å²) in [6.45, 7) is 6.71. The van der Waals surface area contributed by atoms with Gasteiger partial charge >= 0.3 is 0 Å². The average Bonchev–Trinajstić information content (AvgIpc) is 3.05. The second-order valence-electron chi connectivity index (χ2n) is 8.40. The Bertz CT molecular complexity index is 875. The molecule has 1 aliphatic heterocycles. The van der Waals surface area contributed by atoms with Crippen molar-refractivity contribution in [2.45, 2.75) is 45.4 Å². The summed E-state index contributed by atoms with van der Waals surface area (Å²) in [6.07, 6.45) is 1.01. The van der Waals surface area contributed by atoms with Crippen molar-refractivity contribution in [1.29, 1.82) is 0 Å². The molecule has 1 N–H and O–H groups in total. The van der Waals surface area contributed by atoms with Gasteiger partial charge in [-0.05, 0) is 68.9 Å². The monoisotopic (exact) mass is 416 g/mol. The second-order valence-corrected chi connectivity index (χ2v) is 8.84. The number of benzene rings is 1. The first-order valence-corrected chi connectivity index (χ1v) is 10.6. The summed E-state index contributed by atoms with van der Waals surface area (Å²) in [6, 6.07) is 9.68. The molecule has 5 nitrogen and oxygen atoms in total. The summed E-state index contributed by atoms with van der Waals surface area (Å²) in [4.78, 5) is 6.92. The molecule has 0 radical (unpaired) electrons. The summed E-state index contributed by atoms with van der Waals surface area (Å²) in [5.41, 5.74) is 2.95. The van der Waals surface area contributed by atoms with Crippen LogP contribution in [0.15, 0.2) is 30.3 Å². The van der Waals surface area contributed by atoms with E-state index in [1.807, 2.05) is 44.2 Å². The molecule has 2 aliphatic rings. The van der Waals surface area contributed by atoms with Crippen molar-refractivity contribution >= 4 is 11.6 Å². The maximum absolute atomic E-state index is 10.7. The topological polar surface area (TPSA) is 54.8 Å². The minimum Gasteiger partial charge on any atom is -0.496 e. The summed E-state index contributed by atoms with van der Waals surface area (Å²) in [7, 11) is 1.69. The van der Waals surface area contributed by atoms with Crippen LogP contribution in [0.4, 0.5) is 0 Å². The Morgan fingerprint density at radius 1 is 1.10 bits per heavy atom. The fourth-order valence-corrected chi connectivity index (χ4v) is 5.01. The van der Waals surface area contributed by atoms with Gasteiger partial charge < -0.3 is 14.6 Å². The molecular formula is C23H29ClN2O3. The highest BCUT2D eigenvalue weighted by Gasteiger charge is 2.42. The van der Waals surface area contributed by atoms with E-state index in [1.54, 1.807) is 7.11 Å². The van der Waals surface area contributed by atoms with Crippen LogP contribution < -0.4 is 9.47 Å². The lowest BCUT2D eigenvalue weighted by Gasteiger charge is -2.35. The van der Waals surface area contributed by atoms with Gasteiger partial charge in [-0.15, -0.1) is 0 Å². The molecule has 4 atom stereocenters. The second kappa shape index (κ2) is 8.50. The van der Waals surface area contributed by atoms with Crippen molar-refractivity contribution in [2.75, 3.05) is 20.2 Å². The minimum absolute atomic E-state index is 0.180. The zero-order valence-corrected chi connectivity index (χ0v) is 18.0. The Kier molecular flexibility index (Phi) is 6.00. The molecule has 1 aromatic carbocycles. The number of halogens is 1. The molecule has 156 valence electrons. The summed E-state index contributed by atoms with van der Waals surface area (Å²) < 4.78 is 11.7. The Labute approximate surface area is 177 Å². The summed E-state index contributed by atoms with van der Waals surface area (Å²) >= 11 is 6.19. The Hall–Kier alpha value is -1.82. The first-order valence-electron chi connectivity index (χ1n) is 10.3. The van der Waals surface area contributed by atoms with Crippen LogP contribution in [0.3, 0.4) is 0 Å². The molecule has 1 saturated carbocycles. The normalized spacial score (nSPS) is 26.9. The molecule has 0 spiro atoms. The fraction of sp³-hybridized carbons (Fsp3) is 0.522. The van der Waals surface area contributed by atoms with Crippen LogP contribution in [0.1, 0.15) is 29.8 Å². The number of fused-ring (bicyclic) bond motifs is 1. The third-order valence-electron chi connectivity index (χ3n) is 6.25. The average molecular weight is 417 g/mol. The summed E-state index contributed by atoms with van der Waals surface area (Å²) in [5.74, 6) is 2.66. The number of pyridine rings is 1. The quantitative estimate of drug-likeness (QED) is 0.798. The number of hydrogen-bond acceptors (Lipinski definition) is 5. The van der Waals surface area contributed by atoms with Crippen molar-refractivity contribution in [3.8, 4) is 11.5 Å². The Morgan fingerprint density at radius 2 is 1.83 bits per heavy atom. The molecule has 4 rings (SSSR count). The van der Waals surface area contributed by atoms with Crippen LogP contribution in [0.5, 0.6) is 11.5 Å².